The van der Waals surface area contributed by atoms with E-state index in [1.165, 1.54) is 4.90 Å². The zero-order chi connectivity index (χ0) is 13.7. The number of imide groups is 1. The first-order valence-corrected chi connectivity index (χ1v) is 6.56. The van der Waals surface area contributed by atoms with Crippen LogP contribution in [-0.2, 0) is 4.79 Å². The second-order valence-electron chi connectivity index (χ2n) is 4.55. The Balaban J connectivity index is 1.94. The lowest BCUT2D eigenvalue weighted by atomic mass is 10.1. The summed E-state index contributed by atoms with van der Waals surface area (Å²) in [7, 11) is 0. The zero-order valence-electron chi connectivity index (χ0n) is 11.0. The van der Waals surface area contributed by atoms with Crippen molar-refractivity contribution in [2.45, 2.75) is 25.8 Å². The second-order valence-corrected chi connectivity index (χ2v) is 4.55. The van der Waals surface area contributed by atoms with E-state index in [0.29, 0.717) is 13.0 Å². The van der Waals surface area contributed by atoms with E-state index in [1.54, 1.807) is 0 Å². The predicted molar refractivity (Wildman–Crippen MR) is 74.4 cm³/mol. The summed E-state index contributed by atoms with van der Waals surface area (Å²) < 4.78 is 0. The van der Waals surface area contributed by atoms with Crippen molar-refractivity contribution in [3.05, 3.63) is 42.0 Å². The summed E-state index contributed by atoms with van der Waals surface area (Å²) in [5, 5.41) is 2.71. The van der Waals surface area contributed by atoms with Gasteiger partial charge in [0, 0.05) is 6.54 Å². The summed E-state index contributed by atoms with van der Waals surface area (Å²) in [5.74, 6) is -0.121. The largest absolute Gasteiger partial charge is 0.326 e. The van der Waals surface area contributed by atoms with E-state index in [-0.39, 0.29) is 18.0 Å². The average Bonchev–Trinajstić information content (AvgIpc) is 2.68. The fraction of sp³-hybridized carbons (Fsp3) is 0.333. The number of carbonyl (C=O) groups excluding carboxylic acids is 2. The minimum Gasteiger partial charge on any atom is -0.326 e. The molecule has 0 spiro atoms. The van der Waals surface area contributed by atoms with Crippen molar-refractivity contribution in [3.8, 4) is 0 Å². The molecule has 0 radical (unpaired) electrons. The van der Waals surface area contributed by atoms with Gasteiger partial charge in [0.05, 0.1) is 0 Å². The van der Waals surface area contributed by atoms with Gasteiger partial charge in [-0.1, -0.05) is 55.8 Å². The molecule has 1 fully saturated rings. The van der Waals surface area contributed by atoms with Crippen LogP contribution < -0.4 is 5.32 Å². The third-order valence-electron chi connectivity index (χ3n) is 3.08. The Morgan fingerprint density at radius 1 is 1.26 bits per heavy atom. The molecule has 2 rings (SSSR count). The van der Waals surface area contributed by atoms with Crippen LogP contribution >= 0.6 is 0 Å². The highest BCUT2D eigenvalue weighted by atomic mass is 16.2. The SMILES string of the molecule is CCCC1NC(=O)N(CC=Cc2ccccc2)C1=O. The Bertz CT molecular complexity index is 482. The molecule has 19 heavy (non-hydrogen) atoms. The molecule has 3 amide bonds. The van der Waals surface area contributed by atoms with Crippen LogP contribution in [0.2, 0.25) is 0 Å². The van der Waals surface area contributed by atoms with Crippen LogP contribution in [-0.4, -0.2) is 29.4 Å². The van der Waals surface area contributed by atoms with Crippen molar-refractivity contribution in [2.24, 2.45) is 0 Å². The van der Waals surface area contributed by atoms with Crippen molar-refractivity contribution in [1.29, 1.82) is 0 Å². The smallest absolute Gasteiger partial charge is 0.325 e. The van der Waals surface area contributed by atoms with Gasteiger partial charge < -0.3 is 5.32 Å². The molecule has 1 aromatic rings. The Morgan fingerprint density at radius 2 is 2.00 bits per heavy atom. The lowest BCUT2D eigenvalue weighted by molar-refractivity contribution is -0.127. The quantitative estimate of drug-likeness (QED) is 0.825. The van der Waals surface area contributed by atoms with Crippen LogP contribution in [0.25, 0.3) is 6.08 Å². The minimum atomic E-state index is -0.345. The van der Waals surface area contributed by atoms with Gasteiger partial charge in [-0.15, -0.1) is 0 Å². The van der Waals surface area contributed by atoms with Crippen molar-refractivity contribution in [2.75, 3.05) is 6.54 Å². The summed E-state index contributed by atoms with van der Waals surface area (Å²) in [6.45, 7) is 2.32. The number of amides is 3. The molecular weight excluding hydrogens is 240 g/mol. The highest BCUT2D eigenvalue weighted by molar-refractivity contribution is 6.04. The second kappa shape index (κ2) is 6.18. The van der Waals surface area contributed by atoms with E-state index in [9.17, 15) is 9.59 Å². The van der Waals surface area contributed by atoms with E-state index in [0.717, 1.165) is 12.0 Å². The van der Waals surface area contributed by atoms with Gasteiger partial charge in [-0.25, -0.2) is 4.79 Å². The topological polar surface area (TPSA) is 49.4 Å². The van der Waals surface area contributed by atoms with Crippen LogP contribution in [0, 0.1) is 0 Å². The maximum atomic E-state index is 12.0. The summed E-state index contributed by atoms with van der Waals surface area (Å²) in [6, 6.07) is 9.16. The van der Waals surface area contributed by atoms with Crippen molar-refractivity contribution in [1.82, 2.24) is 10.2 Å². The molecule has 1 unspecified atom stereocenters. The molecule has 1 aliphatic heterocycles. The highest BCUT2D eigenvalue weighted by Crippen LogP contribution is 2.11. The van der Waals surface area contributed by atoms with E-state index in [4.69, 9.17) is 0 Å². The first-order valence-electron chi connectivity index (χ1n) is 6.56. The first kappa shape index (κ1) is 13.3. The van der Waals surface area contributed by atoms with Crippen LogP contribution in [0.3, 0.4) is 0 Å². The molecule has 0 saturated carbocycles. The summed E-state index contributed by atoms with van der Waals surface area (Å²) in [4.78, 5) is 24.9. The number of benzene rings is 1. The van der Waals surface area contributed by atoms with E-state index < -0.39 is 0 Å². The van der Waals surface area contributed by atoms with Crippen LogP contribution in [0.5, 0.6) is 0 Å². The maximum absolute atomic E-state index is 12.0. The van der Waals surface area contributed by atoms with E-state index in [1.807, 2.05) is 49.4 Å². The monoisotopic (exact) mass is 258 g/mol. The molecule has 1 aliphatic rings. The van der Waals surface area contributed by atoms with Crippen molar-refractivity contribution >= 4 is 18.0 Å². The Labute approximate surface area is 113 Å². The van der Waals surface area contributed by atoms with Gasteiger partial charge in [0.2, 0.25) is 0 Å². The fourth-order valence-electron chi connectivity index (χ4n) is 2.09. The van der Waals surface area contributed by atoms with Gasteiger partial charge in [-0.3, -0.25) is 9.69 Å². The third-order valence-corrected chi connectivity index (χ3v) is 3.08. The van der Waals surface area contributed by atoms with Crippen molar-refractivity contribution < 1.29 is 9.59 Å². The van der Waals surface area contributed by atoms with Gasteiger partial charge in [0.15, 0.2) is 0 Å². The minimum absolute atomic E-state index is 0.121. The number of nitrogens with one attached hydrogen (secondary N) is 1. The number of hydrogen-bond donors (Lipinski definition) is 1. The summed E-state index contributed by atoms with van der Waals surface area (Å²) in [6.07, 6.45) is 5.32. The van der Waals surface area contributed by atoms with Crippen LogP contribution in [0.4, 0.5) is 4.79 Å². The Hall–Kier alpha value is -2.10. The standard InChI is InChI=1S/C15H18N2O2/c1-2-7-13-14(18)17(15(19)16-13)11-6-10-12-8-4-3-5-9-12/h3-6,8-10,13H,2,7,11H2,1H3,(H,16,19). The summed E-state index contributed by atoms with van der Waals surface area (Å²) >= 11 is 0. The van der Waals surface area contributed by atoms with Crippen LogP contribution in [0.15, 0.2) is 36.4 Å². The van der Waals surface area contributed by atoms with Crippen molar-refractivity contribution in [3.63, 3.8) is 0 Å². The molecule has 1 saturated heterocycles. The van der Waals surface area contributed by atoms with Gasteiger partial charge in [0.1, 0.15) is 6.04 Å². The number of nitrogens with zero attached hydrogens (tertiary/aromatic N) is 1. The number of carbonyl (C=O) groups is 2. The summed E-state index contributed by atoms with van der Waals surface area (Å²) in [5.41, 5.74) is 1.06. The Morgan fingerprint density at radius 3 is 2.68 bits per heavy atom. The molecule has 100 valence electrons. The zero-order valence-corrected chi connectivity index (χ0v) is 11.0. The van der Waals surface area contributed by atoms with Gasteiger partial charge in [0.25, 0.3) is 5.91 Å². The number of urea groups is 1. The average molecular weight is 258 g/mol. The lowest BCUT2D eigenvalue weighted by Crippen LogP contribution is -2.31. The van der Waals surface area contributed by atoms with Crippen LogP contribution in [0.1, 0.15) is 25.3 Å². The molecule has 1 heterocycles. The molecular formula is C15H18N2O2. The molecule has 4 heteroatoms. The third kappa shape index (κ3) is 3.22. The lowest BCUT2D eigenvalue weighted by Gasteiger charge is -2.09. The maximum Gasteiger partial charge on any atom is 0.325 e. The molecule has 1 atom stereocenters. The van der Waals surface area contributed by atoms with E-state index in [2.05, 4.69) is 5.32 Å². The van der Waals surface area contributed by atoms with Gasteiger partial charge in [-0.05, 0) is 12.0 Å². The van der Waals surface area contributed by atoms with E-state index >= 15 is 0 Å². The first-order chi connectivity index (χ1) is 9.22. The molecule has 4 nitrogen and oxygen atoms in total. The highest BCUT2D eigenvalue weighted by Gasteiger charge is 2.36. The van der Waals surface area contributed by atoms with Gasteiger partial charge >= 0.3 is 6.03 Å². The van der Waals surface area contributed by atoms with Gasteiger partial charge in [-0.2, -0.15) is 0 Å². The molecule has 1 N–H and O–H groups in total. The fourth-order valence-corrected chi connectivity index (χ4v) is 2.09. The normalized spacial score (nSPS) is 19.2. The predicted octanol–water partition coefficient (Wildman–Crippen LogP) is 2.42. The Kier molecular flexibility index (Phi) is 4.34. The molecule has 0 aromatic heterocycles. The molecule has 1 aromatic carbocycles. The number of rotatable bonds is 5. The number of hydrogen-bond acceptors (Lipinski definition) is 2. The molecule has 0 aliphatic carbocycles. The molecule has 0 bridgehead atoms.